The van der Waals surface area contributed by atoms with Gasteiger partial charge in [-0.2, -0.15) is 0 Å². The number of hydrogen-bond acceptors (Lipinski definition) is 6. The molecule has 2 aliphatic rings. The summed E-state index contributed by atoms with van der Waals surface area (Å²) >= 11 is 0. The Morgan fingerprint density at radius 3 is 2.04 bits per heavy atom. The summed E-state index contributed by atoms with van der Waals surface area (Å²) in [6.07, 6.45) is 0. The lowest BCUT2D eigenvalue weighted by Gasteiger charge is -2.43. The number of rotatable bonds is 0. The lowest BCUT2D eigenvalue weighted by Crippen LogP contribution is -2.66. The van der Waals surface area contributed by atoms with Crippen molar-refractivity contribution in [2.24, 2.45) is 4.99 Å². The summed E-state index contributed by atoms with van der Waals surface area (Å²) in [7, 11) is 6.26. The Kier molecular flexibility index (Phi) is 3.59. The molecule has 0 atom stereocenters. The van der Waals surface area contributed by atoms with Crippen LogP contribution in [0, 0.1) is 13.8 Å². The van der Waals surface area contributed by atoms with Crippen molar-refractivity contribution in [2.75, 3.05) is 33.5 Å². The van der Waals surface area contributed by atoms with Crippen LogP contribution in [0.1, 0.15) is 16.7 Å². The molecule has 8 heteroatoms. The number of aliphatic imine (C=N–C) groups is 1. The fourth-order valence-corrected chi connectivity index (χ4v) is 3.10. The number of urea groups is 1. The fourth-order valence-electron chi connectivity index (χ4n) is 3.10. The molecule has 0 unspecified atom stereocenters. The maximum absolute atomic E-state index is 13.1. The van der Waals surface area contributed by atoms with Gasteiger partial charge in [-0.25, -0.2) is 9.79 Å². The van der Waals surface area contributed by atoms with Crippen LogP contribution in [0.15, 0.2) is 17.1 Å². The van der Waals surface area contributed by atoms with Crippen LogP contribution in [-0.2, 0) is 15.1 Å². The number of benzene rings is 1. The Labute approximate surface area is 146 Å². The fraction of sp³-hybridized carbons (Fsp3) is 0.412. The number of amides is 4. The van der Waals surface area contributed by atoms with Crippen molar-refractivity contribution in [2.45, 2.75) is 19.4 Å². The van der Waals surface area contributed by atoms with Crippen molar-refractivity contribution < 1.29 is 14.4 Å². The topological polar surface area (TPSA) is 85.3 Å². The van der Waals surface area contributed by atoms with Gasteiger partial charge in [0, 0.05) is 39.4 Å². The smallest absolute Gasteiger partial charge is 0.333 e. The Bertz CT molecular complexity index is 819. The number of nitrogens with one attached hydrogen (secondary N) is 1. The third kappa shape index (κ3) is 2.13. The van der Waals surface area contributed by atoms with E-state index in [2.05, 4.69) is 10.3 Å². The summed E-state index contributed by atoms with van der Waals surface area (Å²) < 4.78 is 0. The zero-order valence-electron chi connectivity index (χ0n) is 15.2. The quantitative estimate of drug-likeness (QED) is 0.707. The predicted octanol–water partition coefficient (Wildman–Crippen LogP) is 0.892. The number of barbiturate groups is 1. The molecule has 25 heavy (non-hydrogen) atoms. The Balaban J connectivity index is 2.36. The number of nitrogens with zero attached hydrogens (tertiary/aromatic N) is 4. The summed E-state index contributed by atoms with van der Waals surface area (Å²) in [4.78, 5) is 46.4. The normalized spacial score (nSPS) is 19.0. The highest BCUT2D eigenvalue weighted by Gasteiger charge is 2.59. The molecule has 1 aromatic rings. The molecular weight excluding hydrogens is 322 g/mol. The maximum Gasteiger partial charge on any atom is 0.333 e. The van der Waals surface area contributed by atoms with E-state index in [-0.39, 0.29) is 0 Å². The molecule has 0 aliphatic carbocycles. The zero-order chi connectivity index (χ0) is 18.7. The van der Waals surface area contributed by atoms with Crippen LogP contribution in [0.4, 0.5) is 10.5 Å². The summed E-state index contributed by atoms with van der Waals surface area (Å²) in [5.41, 5.74) is 1.26. The molecule has 2 aliphatic heterocycles. The van der Waals surface area contributed by atoms with Gasteiger partial charge < -0.3 is 10.2 Å². The Morgan fingerprint density at radius 2 is 1.52 bits per heavy atom. The van der Waals surface area contributed by atoms with Gasteiger partial charge in [0.2, 0.25) is 5.54 Å². The number of carbonyl (C=O) groups is 3. The summed E-state index contributed by atoms with van der Waals surface area (Å²) in [5, 5.41) is 3.17. The molecule has 2 heterocycles. The lowest BCUT2D eigenvalue weighted by molar-refractivity contribution is -0.150. The molecule has 0 saturated carbocycles. The second kappa shape index (κ2) is 5.30. The molecule has 0 bridgehead atoms. The second-order valence-corrected chi connectivity index (χ2v) is 6.66. The highest BCUT2D eigenvalue weighted by molar-refractivity contribution is 6.25. The molecule has 132 valence electrons. The number of carbonyl (C=O) groups excluding carboxylic acids is 3. The average Bonchev–Trinajstić information content (AvgIpc) is 2.57. The predicted molar refractivity (Wildman–Crippen MR) is 93.3 cm³/mol. The average molecular weight is 343 g/mol. The number of anilines is 1. The number of fused-ring (bicyclic) bond motifs is 2. The Morgan fingerprint density at radius 1 is 1.00 bits per heavy atom. The SMILES string of the molecule is Cc1cc2c(cc1C)C1(N=C(N(C)C)N2)C(=O)N(C)C(=O)N(C)C1=O. The zero-order valence-corrected chi connectivity index (χ0v) is 15.2. The first-order valence-corrected chi connectivity index (χ1v) is 7.87. The van der Waals surface area contributed by atoms with Crippen molar-refractivity contribution in [3.05, 3.63) is 28.8 Å². The van der Waals surface area contributed by atoms with E-state index >= 15 is 0 Å². The van der Waals surface area contributed by atoms with E-state index < -0.39 is 23.4 Å². The third-order valence-corrected chi connectivity index (χ3v) is 4.77. The van der Waals surface area contributed by atoms with Crippen LogP contribution < -0.4 is 5.32 Å². The van der Waals surface area contributed by atoms with Gasteiger partial charge in [-0.3, -0.25) is 19.4 Å². The summed E-state index contributed by atoms with van der Waals surface area (Å²) in [6, 6.07) is 3.02. The second-order valence-electron chi connectivity index (χ2n) is 6.66. The molecular formula is C17H21N5O3. The molecule has 1 fully saturated rings. The first kappa shape index (κ1) is 16.9. The van der Waals surface area contributed by atoms with Crippen LogP contribution >= 0.6 is 0 Å². The number of guanidine groups is 1. The molecule has 1 aromatic carbocycles. The lowest BCUT2D eigenvalue weighted by atomic mass is 9.82. The van der Waals surface area contributed by atoms with E-state index in [1.54, 1.807) is 25.1 Å². The van der Waals surface area contributed by atoms with Crippen molar-refractivity contribution in [3.63, 3.8) is 0 Å². The first-order valence-electron chi connectivity index (χ1n) is 7.87. The monoisotopic (exact) mass is 343 g/mol. The molecule has 3 rings (SSSR count). The minimum atomic E-state index is -1.80. The van der Waals surface area contributed by atoms with Crippen molar-refractivity contribution >= 4 is 29.5 Å². The van der Waals surface area contributed by atoms with E-state index in [4.69, 9.17) is 0 Å². The first-order chi connectivity index (χ1) is 11.6. The standard InChI is InChI=1S/C17H21N5O3/c1-9-7-11-12(8-10(9)2)18-15(20(3)4)19-17(11)13(23)21(5)16(25)22(6)14(17)24/h7-8H,1-6H3,(H,18,19). The van der Waals surface area contributed by atoms with Gasteiger partial charge in [-0.15, -0.1) is 0 Å². The van der Waals surface area contributed by atoms with E-state index in [0.29, 0.717) is 17.2 Å². The van der Waals surface area contributed by atoms with E-state index in [1.807, 2.05) is 19.9 Å². The minimum absolute atomic E-state index is 0.383. The van der Waals surface area contributed by atoms with Crippen molar-refractivity contribution in [1.82, 2.24) is 14.7 Å². The molecule has 1 saturated heterocycles. The molecule has 0 aromatic heterocycles. The number of likely N-dealkylation sites (N-methyl/N-ethyl adjacent to an activating group) is 2. The van der Waals surface area contributed by atoms with Gasteiger partial charge in [-0.05, 0) is 31.0 Å². The largest absolute Gasteiger partial charge is 0.349 e. The Hall–Kier alpha value is -2.90. The van der Waals surface area contributed by atoms with Gasteiger partial charge in [0.1, 0.15) is 0 Å². The van der Waals surface area contributed by atoms with Crippen LogP contribution in [0.3, 0.4) is 0 Å². The van der Waals surface area contributed by atoms with E-state index in [1.165, 1.54) is 14.1 Å². The molecule has 8 nitrogen and oxygen atoms in total. The van der Waals surface area contributed by atoms with Gasteiger partial charge in [0.05, 0.1) is 0 Å². The number of hydrogen-bond donors (Lipinski definition) is 1. The maximum atomic E-state index is 13.1. The number of aryl methyl sites for hydroxylation is 2. The molecule has 1 spiro atoms. The summed E-state index contributed by atoms with van der Waals surface area (Å²) in [6.45, 7) is 3.86. The van der Waals surface area contributed by atoms with Crippen molar-refractivity contribution in [3.8, 4) is 0 Å². The van der Waals surface area contributed by atoms with Crippen LogP contribution in [0.25, 0.3) is 0 Å². The molecule has 0 radical (unpaired) electrons. The summed E-state index contributed by atoms with van der Waals surface area (Å²) in [5.74, 6) is -0.912. The van der Waals surface area contributed by atoms with Crippen LogP contribution in [-0.4, -0.2) is 66.7 Å². The van der Waals surface area contributed by atoms with Crippen molar-refractivity contribution in [1.29, 1.82) is 0 Å². The molecule has 4 amide bonds. The van der Waals surface area contributed by atoms with Gasteiger partial charge in [-0.1, -0.05) is 6.07 Å². The highest BCUT2D eigenvalue weighted by atomic mass is 16.2. The van der Waals surface area contributed by atoms with Gasteiger partial charge in [0.15, 0.2) is 5.96 Å². The van der Waals surface area contributed by atoms with Crippen LogP contribution in [0.5, 0.6) is 0 Å². The molecule has 1 N–H and O–H groups in total. The van der Waals surface area contributed by atoms with E-state index in [0.717, 1.165) is 20.9 Å². The van der Waals surface area contributed by atoms with Crippen LogP contribution in [0.2, 0.25) is 0 Å². The highest BCUT2D eigenvalue weighted by Crippen LogP contribution is 2.42. The van der Waals surface area contributed by atoms with Gasteiger partial charge in [0.25, 0.3) is 11.8 Å². The van der Waals surface area contributed by atoms with Gasteiger partial charge >= 0.3 is 6.03 Å². The minimum Gasteiger partial charge on any atom is -0.349 e. The third-order valence-electron chi connectivity index (χ3n) is 4.77. The number of imide groups is 2. The van der Waals surface area contributed by atoms with E-state index in [9.17, 15) is 14.4 Å².